The molecule has 3 heterocycles. The normalized spacial score (nSPS) is 26.5. The third kappa shape index (κ3) is 5.63. The minimum absolute atomic E-state index is 0.164. The van der Waals surface area contributed by atoms with Crippen LogP contribution in [0.4, 0.5) is 5.69 Å². The standard InChI is InChI=1S/C35H44N2O6/c1-5-7-8-11-19-42-34(41)29-28-16-17-35(43-28)30(29)32(39)37(27(22-38)20-23(3)4)31(35)33(40)36(18-6-2)26-15-14-24-12-9-10-13-25(24)21-26/h5-6,9-10,12-15,21,23,27-31,38H,1-2,7-8,11,16-20,22H2,3-4H3/t27-,28+,29-,30+,31?,35?/m1/s1. The van der Waals surface area contributed by atoms with Crippen LogP contribution in [0.1, 0.15) is 52.4 Å². The lowest BCUT2D eigenvalue weighted by Gasteiger charge is -2.39. The number of carbonyl (C=O) groups is 3. The molecule has 0 radical (unpaired) electrons. The van der Waals surface area contributed by atoms with Gasteiger partial charge in [0.2, 0.25) is 5.91 Å². The molecule has 2 bridgehead atoms. The second kappa shape index (κ2) is 13.0. The zero-order chi connectivity index (χ0) is 30.7. The molecule has 2 aromatic carbocycles. The van der Waals surface area contributed by atoms with Gasteiger partial charge in [-0.3, -0.25) is 14.4 Å². The Morgan fingerprint density at radius 3 is 2.63 bits per heavy atom. The largest absolute Gasteiger partial charge is 0.465 e. The fraction of sp³-hybridized carbons (Fsp3) is 0.514. The molecule has 0 aliphatic carbocycles. The van der Waals surface area contributed by atoms with Crippen molar-refractivity contribution in [2.24, 2.45) is 17.8 Å². The summed E-state index contributed by atoms with van der Waals surface area (Å²) in [6.45, 7) is 11.9. The van der Waals surface area contributed by atoms with Crippen LogP contribution in [0.25, 0.3) is 10.8 Å². The summed E-state index contributed by atoms with van der Waals surface area (Å²) in [7, 11) is 0. The maximum atomic E-state index is 14.8. The van der Waals surface area contributed by atoms with Crippen LogP contribution in [-0.2, 0) is 23.9 Å². The first-order chi connectivity index (χ1) is 20.8. The van der Waals surface area contributed by atoms with Gasteiger partial charge in [0.05, 0.1) is 37.2 Å². The highest BCUT2D eigenvalue weighted by atomic mass is 16.6. The van der Waals surface area contributed by atoms with Crippen LogP contribution >= 0.6 is 0 Å². The van der Waals surface area contributed by atoms with E-state index in [1.165, 1.54) is 0 Å². The number of hydrogen-bond acceptors (Lipinski definition) is 6. The van der Waals surface area contributed by atoms with E-state index in [-0.39, 0.29) is 37.5 Å². The summed E-state index contributed by atoms with van der Waals surface area (Å²) in [6.07, 6.45) is 6.96. The van der Waals surface area contributed by atoms with Gasteiger partial charge in [-0.25, -0.2) is 0 Å². The maximum Gasteiger partial charge on any atom is 0.312 e. The molecule has 3 aliphatic heterocycles. The minimum Gasteiger partial charge on any atom is -0.465 e. The lowest BCUT2D eigenvalue weighted by atomic mass is 9.70. The fourth-order valence-electron chi connectivity index (χ4n) is 7.46. The minimum atomic E-state index is -1.17. The Morgan fingerprint density at radius 2 is 1.93 bits per heavy atom. The van der Waals surface area contributed by atoms with Crippen molar-refractivity contribution < 1.29 is 29.0 Å². The summed E-state index contributed by atoms with van der Waals surface area (Å²) in [5, 5.41) is 12.6. The Kier molecular flexibility index (Phi) is 9.37. The SMILES string of the molecule is C=CCCCCOC(=O)[C@@H]1[C@@H]2CCC3(O2)C(C(=O)N(CC=C)c2ccc4ccccc4c2)N([C@@H](CO)CC(C)C)C(=O)[C@H]13. The maximum absolute atomic E-state index is 14.8. The molecule has 1 N–H and O–H groups in total. The summed E-state index contributed by atoms with van der Waals surface area (Å²) < 4.78 is 12.3. The predicted octanol–water partition coefficient (Wildman–Crippen LogP) is 5.04. The number of hydrogen-bond donors (Lipinski definition) is 1. The van der Waals surface area contributed by atoms with Crippen molar-refractivity contribution in [1.82, 2.24) is 4.90 Å². The Labute approximate surface area is 254 Å². The van der Waals surface area contributed by atoms with Gasteiger partial charge in [-0.2, -0.15) is 0 Å². The summed E-state index contributed by atoms with van der Waals surface area (Å²) in [5.41, 5.74) is -0.491. The number of fused-ring (bicyclic) bond motifs is 2. The van der Waals surface area contributed by atoms with Crippen molar-refractivity contribution in [3.63, 3.8) is 0 Å². The molecule has 3 fully saturated rings. The van der Waals surface area contributed by atoms with Gasteiger partial charge in [0.25, 0.3) is 5.91 Å². The molecule has 2 amide bonds. The van der Waals surface area contributed by atoms with E-state index in [1.54, 1.807) is 15.9 Å². The van der Waals surface area contributed by atoms with Crippen LogP contribution < -0.4 is 4.90 Å². The summed E-state index contributed by atoms with van der Waals surface area (Å²) >= 11 is 0. The number of allylic oxidation sites excluding steroid dienone is 1. The van der Waals surface area contributed by atoms with E-state index in [2.05, 4.69) is 13.2 Å². The monoisotopic (exact) mass is 588 g/mol. The molecule has 2 aromatic rings. The fourth-order valence-corrected chi connectivity index (χ4v) is 7.46. The molecular formula is C35H44N2O6. The molecule has 6 atom stereocenters. The van der Waals surface area contributed by atoms with Gasteiger partial charge in [-0.1, -0.05) is 56.3 Å². The van der Waals surface area contributed by atoms with Gasteiger partial charge < -0.3 is 24.4 Å². The average Bonchev–Trinajstić information content (AvgIpc) is 3.65. The van der Waals surface area contributed by atoms with E-state index in [4.69, 9.17) is 9.47 Å². The van der Waals surface area contributed by atoms with Gasteiger partial charge in [0, 0.05) is 12.2 Å². The van der Waals surface area contributed by atoms with E-state index in [0.29, 0.717) is 31.4 Å². The molecule has 8 nitrogen and oxygen atoms in total. The number of benzene rings is 2. The van der Waals surface area contributed by atoms with Crippen molar-refractivity contribution >= 4 is 34.2 Å². The van der Waals surface area contributed by atoms with Crippen molar-refractivity contribution in [1.29, 1.82) is 0 Å². The number of nitrogens with zero attached hydrogens (tertiary/aromatic N) is 2. The van der Waals surface area contributed by atoms with Gasteiger partial charge >= 0.3 is 5.97 Å². The number of anilines is 1. The van der Waals surface area contributed by atoms with E-state index in [0.717, 1.165) is 23.6 Å². The number of unbranched alkanes of at least 4 members (excludes halogenated alkanes) is 2. The summed E-state index contributed by atoms with van der Waals surface area (Å²) in [5.74, 6) is -2.52. The lowest BCUT2D eigenvalue weighted by Crippen LogP contribution is -2.59. The number of aliphatic hydroxyl groups is 1. The molecule has 0 aromatic heterocycles. The van der Waals surface area contributed by atoms with Crippen molar-refractivity contribution in [3.05, 3.63) is 67.8 Å². The topological polar surface area (TPSA) is 96.4 Å². The molecule has 5 rings (SSSR count). The first-order valence-electron chi connectivity index (χ1n) is 15.6. The van der Waals surface area contributed by atoms with Crippen LogP contribution in [0, 0.1) is 17.8 Å². The Hall–Kier alpha value is -3.49. The second-order valence-corrected chi connectivity index (χ2v) is 12.5. The van der Waals surface area contributed by atoms with E-state index in [1.807, 2.05) is 62.4 Å². The van der Waals surface area contributed by atoms with Crippen LogP contribution in [0.5, 0.6) is 0 Å². The first-order valence-corrected chi connectivity index (χ1v) is 15.6. The Balaban J connectivity index is 1.52. The van der Waals surface area contributed by atoms with Gasteiger partial charge in [0.1, 0.15) is 11.6 Å². The highest BCUT2D eigenvalue weighted by molar-refractivity contribution is 6.05. The smallest absolute Gasteiger partial charge is 0.312 e. The molecule has 3 aliphatic rings. The van der Waals surface area contributed by atoms with Crippen molar-refractivity contribution in [2.75, 3.05) is 24.7 Å². The number of ether oxygens (including phenoxy) is 2. The van der Waals surface area contributed by atoms with E-state index < -0.39 is 41.6 Å². The highest BCUT2D eigenvalue weighted by Crippen LogP contribution is 2.59. The van der Waals surface area contributed by atoms with E-state index in [9.17, 15) is 19.5 Å². The number of carbonyl (C=O) groups excluding carboxylic acids is 3. The molecule has 3 saturated heterocycles. The van der Waals surface area contributed by atoms with Crippen molar-refractivity contribution in [3.8, 4) is 0 Å². The van der Waals surface area contributed by atoms with Gasteiger partial charge in [-0.05, 0) is 67.3 Å². The zero-order valence-corrected chi connectivity index (χ0v) is 25.3. The van der Waals surface area contributed by atoms with Crippen LogP contribution in [-0.4, -0.2) is 71.3 Å². The number of aliphatic hydroxyl groups excluding tert-OH is 1. The van der Waals surface area contributed by atoms with Gasteiger partial charge in [-0.15, -0.1) is 13.2 Å². The third-order valence-electron chi connectivity index (χ3n) is 9.26. The molecular weight excluding hydrogens is 544 g/mol. The molecule has 0 saturated carbocycles. The van der Waals surface area contributed by atoms with Crippen molar-refractivity contribution in [2.45, 2.75) is 76.2 Å². The molecule has 2 unspecified atom stereocenters. The highest BCUT2D eigenvalue weighted by Gasteiger charge is 2.75. The molecule has 43 heavy (non-hydrogen) atoms. The molecule has 8 heteroatoms. The summed E-state index contributed by atoms with van der Waals surface area (Å²) in [4.78, 5) is 45.9. The van der Waals surface area contributed by atoms with Crippen LogP contribution in [0.2, 0.25) is 0 Å². The summed E-state index contributed by atoms with van der Waals surface area (Å²) in [6, 6.07) is 12.2. The third-order valence-corrected chi connectivity index (χ3v) is 9.26. The lowest BCUT2D eigenvalue weighted by molar-refractivity contribution is -0.156. The van der Waals surface area contributed by atoms with Crippen LogP contribution in [0.3, 0.4) is 0 Å². The Morgan fingerprint density at radius 1 is 1.16 bits per heavy atom. The number of likely N-dealkylation sites (tertiary alicyclic amines) is 1. The van der Waals surface area contributed by atoms with E-state index >= 15 is 0 Å². The zero-order valence-electron chi connectivity index (χ0n) is 25.3. The molecule has 230 valence electrons. The average molecular weight is 589 g/mol. The Bertz CT molecular complexity index is 1370. The first kappa shape index (κ1) is 31.0. The second-order valence-electron chi connectivity index (χ2n) is 12.5. The quantitative estimate of drug-likeness (QED) is 0.189. The molecule has 1 spiro atoms. The van der Waals surface area contributed by atoms with Crippen LogP contribution in [0.15, 0.2) is 67.8 Å². The number of amides is 2. The number of esters is 1. The van der Waals surface area contributed by atoms with Gasteiger partial charge in [0.15, 0.2) is 0 Å². The number of rotatable bonds is 14. The predicted molar refractivity (Wildman–Crippen MR) is 166 cm³/mol.